The van der Waals surface area contributed by atoms with Crippen molar-refractivity contribution >= 4 is 11.6 Å². The third-order valence-electron chi connectivity index (χ3n) is 2.84. The van der Waals surface area contributed by atoms with E-state index in [1.165, 1.54) is 6.42 Å². The van der Waals surface area contributed by atoms with Gasteiger partial charge in [-0.15, -0.1) is 0 Å². The maximum Gasteiger partial charge on any atom is 0.213 e. The summed E-state index contributed by atoms with van der Waals surface area (Å²) < 4.78 is 0. The van der Waals surface area contributed by atoms with E-state index < -0.39 is 0 Å². The molecule has 4 heteroatoms. The highest BCUT2D eigenvalue weighted by molar-refractivity contribution is 5.82. The molecule has 1 aliphatic rings. The molecular formula is C12H18N4. The van der Waals surface area contributed by atoms with Gasteiger partial charge in [-0.25, -0.2) is 10.8 Å². The average molecular weight is 218 g/mol. The molecule has 16 heavy (non-hydrogen) atoms. The van der Waals surface area contributed by atoms with Crippen LogP contribution in [0.15, 0.2) is 35.3 Å². The van der Waals surface area contributed by atoms with E-state index in [4.69, 9.17) is 5.84 Å². The third-order valence-corrected chi connectivity index (χ3v) is 2.84. The lowest BCUT2D eigenvalue weighted by Gasteiger charge is -2.19. The average Bonchev–Trinajstić information content (AvgIpc) is 2.74. The summed E-state index contributed by atoms with van der Waals surface area (Å²) in [6.07, 6.45) is 1.20. The van der Waals surface area contributed by atoms with Crippen molar-refractivity contribution in [3.63, 3.8) is 0 Å². The fraction of sp³-hybridized carbons (Fsp3) is 0.417. The molecule has 1 aliphatic heterocycles. The van der Waals surface area contributed by atoms with Crippen LogP contribution >= 0.6 is 0 Å². The lowest BCUT2D eigenvalue weighted by Crippen LogP contribution is -2.43. The molecule has 1 aromatic rings. The second kappa shape index (κ2) is 4.99. The second-order valence-corrected chi connectivity index (χ2v) is 4.26. The number of nitrogens with zero attached hydrogens (tertiary/aromatic N) is 2. The molecule has 4 nitrogen and oxygen atoms in total. The van der Waals surface area contributed by atoms with Crippen LogP contribution in [-0.4, -0.2) is 23.9 Å². The summed E-state index contributed by atoms with van der Waals surface area (Å²) in [4.78, 5) is 6.69. The van der Waals surface area contributed by atoms with Crippen LogP contribution in [0.2, 0.25) is 0 Å². The first-order valence-electron chi connectivity index (χ1n) is 5.65. The van der Waals surface area contributed by atoms with Crippen molar-refractivity contribution in [3.8, 4) is 0 Å². The Balaban J connectivity index is 2.13. The molecule has 0 spiro atoms. The Morgan fingerprint density at radius 3 is 2.75 bits per heavy atom. The number of para-hydroxylation sites is 1. The zero-order valence-corrected chi connectivity index (χ0v) is 9.56. The smallest absolute Gasteiger partial charge is 0.213 e. The number of rotatable bonds is 1. The Morgan fingerprint density at radius 1 is 1.44 bits per heavy atom. The Hall–Kier alpha value is -1.55. The highest BCUT2D eigenvalue weighted by atomic mass is 15.4. The van der Waals surface area contributed by atoms with Gasteiger partial charge in [0.1, 0.15) is 0 Å². The van der Waals surface area contributed by atoms with Crippen LogP contribution in [0.4, 0.5) is 5.69 Å². The molecule has 0 radical (unpaired) electrons. The fourth-order valence-corrected chi connectivity index (χ4v) is 1.95. The molecule has 1 atom stereocenters. The fourth-order valence-electron chi connectivity index (χ4n) is 1.95. The molecule has 0 saturated carbocycles. The second-order valence-electron chi connectivity index (χ2n) is 4.26. The van der Waals surface area contributed by atoms with Crippen molar-refractivity contribution < 1.29 is 0 Å². The summed E-state index contributed by atoms with van der Waals surface area (Å²) >= 11 is 0. The number of aliphatic imine (C=N–C) groups is 1. The summed E-state index contributed by atoms with van der Waals surface area (Å²) in [5, 5.41) is 0. The molecular weight excluding hydrogens is 200 g/mol. The molecule has 1 saturated heterocycles. The topological polar surface area (TPSA) is 53.6 Å². The highest BCUT2D eigenvalue weighted by Crippen LogP contribution is 2.17. The molecule has 1 fully saturated rings. The summed E-state index contributed by atoms with van der Waals surface area (Å²) in [6, 6.07) is 9.86. The van der Waals surface area contributed by atoms with Crippen molar-refractivity contribution in [2.75, 3.05) is 13.1 Å². The predicted molar refractivity (Wildman–Crippen MR) is 66.2 cm³/mol. The van der Waals surface area contributed by atoms with Crippen LogP contribution in [-0.2, 0) is 0 Å². The quantitative estimate of drug-likeness (QED) is 0.325. The summed E-state index contributed by atoms with van der Waals surface area (Å²) in [7, 11) is 0. The predicted octanol–water partition coefficient (Wildman–Crippen LogP) is 1.48. The van der Waals surface area contributed by atoms with Gasteiger partial charge < -0.3 is 4.90 Å². The SMILES string of the molecule is CC1CCN(C(=Nc2ccccc2)NN)C1. The lowest BCUT2D eigenvalue weighted by molar-refractivity contribution is 0.475. The van der Waals surface area contributed by atoms with Gasteiger partial charge in [-0.05, 0) is 24.5 Å². The zero-order valence-electron chi connectivity index (χ0n) is 9.56. The number of benzene rings is 1. The maximum absolute atomic E-state index is 5.52. The minimum absolute atomic E-state index is 0.717. The van der Waals surface area contributed by atoms with Gasteiger partial charge in [0, 0.05) is 13.1 Å². The number of hydrogen-bond donors (Lipinski definition) is 2. The minimum atomic E-state index is 0.717. The van der Waals surface area contributed by atoms with E-state index in [-0.39, 0.29) is 0 Å². The van der Waals surface area contributed by atoms with Crippen molar-refractivity contribution in [3.05, 3.63) is 30.3 Å². The number of nitrogens with one attached hydrogen (secondary N) is 1. The summed E-state index contributed by atoms with van der Waals surface area (Å²) in [6.45, 7) is 4.30. The number of guanidine groups is 1. The van der Waals surface area contributed by atoms with Gasteiger partial charge in [-0.2, -0.15) is 0 Å². The molecule has 0 aliphatic carbocycles. The third kappa shape index (κ3) is 2.52. The number of hydrazine groups is 1. The van der Waals surface area contributed by atoms with E-state index in [1.54, 1.807) is 0 Å². The van der Waals surface area contributed by atoms with Crippen molar-refractivity contribution in [2.24, 2.45) is 16.8 Å². The standard InChI is InChI=1S/C12H18N4/c1-10-7-8-16(9-10)12(15-13)14-11-5-3-2-4-6-11/h2-6,10H,7-9,13H2,1H3,(H,14,15). The van der Waals surface area contributed by atoms with E-state index in [1.807, 2.05) is 30.3 Å². The first-order chi connectivity index (χ1) is 7.79. The van der Waals surface area contributed by atoms with Crippen LogP contribution < -0.4 is 11.3 Å². The lowest BCUT2D eigenvalue weighted by atomic mass is 10.2. The molecule has 0 aromatic heterocycles. The summed E-state index contributed by atoms with van der Waals surface area (Å²) in [5.74, 6) is 7.00. The normalized spacial score (nSPS) is 21.2. The van der Waals surface area contributed by atoms with Crippen molar-refractivity contribution in [1.82, 2.24) is 10.3 Å². The number of hydrogen-bond acceptors (Lipinski definition) is 2. The van der Waals surface area contributed by atoms with Crippen LogP contribution in [0.3, 0.4) is 0 Å². The minimum Gasteiger partial charge on any atom is -0.341 e. The van der Waals surface area contributed by atoms with Gasteiger partial charge in [-0.1, -0.05) is 25.1 Å². The zero-order chi connectivity index (χ0) is 11.4. The van der Waals surface area contributed by atoms with E-state index in [0.717, 1.165) is 24.7 Å². The molecule has 1 unspecified atom stereocenters. The molecule has 0 bridgehead atoms. The Kier molecular flexibility index (Phi) is 3.41. The van der Waals surface area contributed by atoms with Crippen LogP contribution in [0.5, 0.6) is 0 Å². The first-order valence-corrected chi connectivity index (χ1v) is 5.65. The molecule has 1 aromatic carbocycles. The maximum atomic E-state index is 5.52. The molecule has 1 heterocycles. The molecule has 0 amide bonds. The van der Waals surface area contributed by atoms with Gasteiger partial charge in [0.25, 0.3) is 0 Å². The largest absolute Gasteiger partial charge is 0.341 e. The van der Waals surface area contributed by atoms with E-state index in [2.05, 4.69) is 22.2 Å². The van der Waals surface area contributed by atoms with Crippen molar-refractivity contribution in [2.45, 2.75) is 13.3 Å². The van der Waals surface area contributed by atoms with Crippen LogP contribution in [0, 0.1) is 5.92 Å². The van der Waals surface area contributed by atoms with Gasteiger partial charge in [0.2, 0.25) is 5.96 Å². The van der Waals surface area contributed by atoms with E-state index >= 15 is 0 Å². The van der Waals surface area contributed by atoms with Crippen LogP contribution in [0.1, 0.15) is 13.3 Å². The van der Waals surface area contributed by atoms with Crippen molar-refractivity contribution in [1.29, 1.82) is 0 Å². The van der Waals surface area contributed by atoms with Gasteiger partial charge in [0.15, 0.2) is 0 Å². The Bertz CT molecular complexity index is 361. The first kappa shape index (κ1) is 11.0. The summed E-state index contributed by atoms with van der Waals surface area (Å²) in [5.41, 5.74) is 3.61. The Morgan fingerprint density at radius 2 is 2.19 bits per heavy atom. The van der Waals surface area contributed by atoms with Gasteiger partial charge >= 0.3 is 0 Å². The van der Waals surface area contributed by atoms with Gasteiger partial charge in [0.05, 0.1) is 5.69 Å². The monoisotopic (exact) mass is 218 g/mol. The molecule has 3 N–H and O–H groups in total. The Labute approximate surface area is 96.1 Å². The highest BCUT2D eigenvalue weighted by Gasteiger charge is 2.21. The number of likely N-dealkylation sites (tertiary alicyclic amines) is 1. The van der Waals surface area contributed by atoms with E-state index in [0.29, 0.717) is 5.92 Å². The van der Waals surface area contributed by atoms with Gasteiger partial charge in [-0.3, -0.25) is 5.43 Å². The van der Waals surface area contributed by atoms with E-state index in [9.17, 15) is 0 Å². The molecule has 2 rings (SSSR count). The van der Waals surface area contributed by atoms with Crippen LogP contribution in [0.25, 0.3) is 0 Å². The molecule has 86 valence electrons. The number of nitrogens with two attached hydrogens (primary N) is 1.